The molecule has 0 radical (unpaired) electrons. The quantitative estimate of drug-likeness (QED) is 0.699. The molecule has 1 N–H and O–H groups in total. The third-order valence-corrected chi connectivity index (χ3v) is 4.99. The zero-order chi connectivity index (χ0) is 15.3. The van der Waals surface area contributed by atoms with Crippen LogP contribution < -0.4 is 5.32 Å². The average Bonchev–Trinajstić information content (AvgIpc) is 3.30. The van der Waals surface area contributed by atoms with E-state index < -0.39 is 5.54 Å². The molecule has 4 heteroatoms. The molecular weight excluding hydrogens is 264 g/mol. The van der Waals surface area contributed by atoms with E-state index in [1.54, 1.807) is 0 Å². The highest BCUT2D eigenvalue weighted by Gasteiger charge is 2.39. The molecule has 4 nitrogen and oxygen atoms in total. The van der Waals surface area contributed by atoms with E-state index in [0.29, 0.717) is 18.7 Å². The van der Waals surface area contributed by atoms with E-state index in [2.05, 4.69) is 17.3 Å². The molecule has 2 rings (SSSR count). The number of nitrogens with one attached hydrogen (secondary N) is 1. The number of carbonyl (C=O) groups excluding carboxylic acids is 1. The minimum absolute atomic E-state index is 0.0889. The van der Waals surface area contributed by atoms with Crippen LogP contribution in [0.5, 0.6) is 0 Å². The van der Waals surface area contributed by atoms with E-state index in [1.807, 2.05) is 13.8 Å². The Morgan fingerprint density at radius 1 is 1.24 bits per heavy atom. The van der Waals surface area contributed by atoms with Gasteiger partial charge in [0.05, 0.1) is 6.61 Å². The van der Waals surface area contributed by atoms with E-state index in [9.17, 15) is 4.79 Å². The molecular formula is C17H32N2O2. The van der Waals surface area contributed by atoms with Crippen molar-refractivity contribution in [2.45, 2.75) is 82.8 Å². The van der Waals surface area contributed by atoms with Crippen LogP contribution in [0.4, 0.5) is 0 Å². The van der Waals surface area contributed by atoms with Gasteiger partial charge >= 0.3 is 5.97 Å². The zero-order valence-electron chi connectivity index (χ0n) is 14.0. The van der Waals surface area contributed by atoms with Gasteiger partial charge in [-0.2, -0.15) is 0 Å². The molecule has 2 saturated carbocycles. The number of ether oxygens (including phenoxy) is 1. The van der Waals surface area contributed by atoms with Crippen molar-refractivity contribution in [3.63, 3.8) is 0 Å². The highest BCUT2D eigenvalue weighted by Crippen LogP contribution is 2.26. The molecule has 0 aliphatic heterocycles. The van der Waals surface area contributed by atoms with Crippen LogP contribution in [0.2, 0.25) is 0 Å². The smallest absolute Gasteiger partial charge is 0.326 e. The first-order valence-electron chi connectivity index (χ1n) is 8.70. The average molecular weight is 296 g/mol. The Balaban J connectivity index is 1.86. The Morgan fingerprint density at radius 2 is 1.90 bits per heavy atom. The summed E-state index contributed by atoms with van der Waals surface area (Å²) in [5.41, 5.74) is -0.528. The van der Waals surface area contributed by atoms with Gasteiger partial charge in [-0.25, -0.2) is 0 Å². The molecule has 0 bridgehead atoms. The minimum atomic E-state index is -0.528. The van der Waals surface area contributed by atoms with Gasteiger partial charge in [-0.1, -0.05) is 19.3 Å². The predicted octanol–water partition coefficient (Wildman–Crippen LogP) is 2.71. The molecule has 0 spiro atoms. The number of carbonyl (C=O) groups is 1. The fourth-order valence-corrected chi connectivity index (χ4v) is 3.31. The lowest BCUT2D eigenvalue weighted by Gasteiger charge is -2.35. The van der Waals surface area contributed by atoms with Crippen molar-refractivity contribution in [3.05, 3.63) is 0 Å². The number of hydrogen-bond donors (Lipinski definition) is 1. The van der Waals surface area contributed by atoms with Crippen LogP contribution in [0, 0.1) is 0 Å². The molecule has 2 fully saturated rings. The highest BCUT2D eigenvalue weighted by atomic mass is 16.5. The van der Waals surface area contributed by atoms with E-state index in [-0.39, 0.29) is 5.97 Å². The summed E-state index contributed by atoms with van der Waals surface area (Å²) >= 11 is 0. The maximum atomic E-state index is 12.3. The van der Waals surface area contributed by atoms with Crippen LogP contribution in [0.1, 0.15) is 65.2 Å². The van der Waals surface area contributed by atoms with Gasteiger partial charge in [0.2, 0.25) is 0 Å². The summed E-state index contributed by atoms with van der Waals surface area (Å²) in [6, 6.07) is 1.21. The predicted molar refractivity (Wildman–Crippen MR) is 85.3 cm³/mol. The summed E-state index contributed by atoms with van der Waals surface area (Å²) in [6.07, 6.45) is 9.91. The second-order valence-corrected chi connectivity index (χ2v) is 6.99. The van der Waals surface area contributed by atoms with Crippen molar-refractivity contribution < 1.29 is 9.53 Å². The van der Waals surface area contributed by atoms with Gasteiger partial charge in [0, 0.05) is 18.6 Å². The van der Waals surface area contributed by atoms with Crippen LogP contribution in [-0.4, -0.2) is 48.7 Å². The van der Waals surface area contributed by atoms with Crippen molar-refractivity contribution >= 4 is 5.97 Å². The van der Waals surface area contributed by atoms with Crippen LogP contribution >= 0.6 is 0 Å². The van der Waals surface area contributed by atoms with Crippen molar-refractivity contribution in [2.24, 2.45) is 0 Å². The van der Waals surface area contributed by atoms with Gasteiger partial charge in [0.25, 0.3) is 0 Å². The van der Waals surface area contributed by atoms with Crippen LogP contribution in [-0.2, 0) is 9.53 Å². The van der Waals surface area contributed by atoms with Gasteiger partial charge in [-0.05, 0) is 53.0 Å². The third kappa shape index (κ3) is 4.96. The SMILES string of the molecule is CCOC(=O)C(C)(CCN(C)C1CCCCC1)NC1CC1. The molecule has 0 heterocycles. The lowest BCUT2D eigenvalue weighted by Crippen LogP contribution is -2.53. The molecule has 0 aromatic heterocycles. The van der Waals surface area contributed by atoms with Crippen LogP contribution in [0.25, 0.3) is 0 Å². The lowest BCUT2D eigenvalue weighted by atomic mass is 9.92. The molecule has 1 atom stereocenters. The molecule has 21 heavy (non-hydrogen) atoms. The second-order valence-electron chi connectivity index (χ2n) is 6.99. The first kappa shape index (κ1) is 16.8. The summed E-state index contributed by atoms with van der Waals surface area (Å²) in [5, 5.41) is 3.51. The Bertz CT molecular complexity index is 338. The van der Waals surface area contributed by atoms with Gasteiger partial charge in [-0.3, -0.25) is 10.1 Å². The molecule has 2 aliphatic carbocycles. The highest BCUT2D eigenvalue weighted by molar-refractivity contribution is 5.80. The lowest BCUT2D eigenvalue weighted by molar-refractivity contribution is -0.151. The largest absolute Gasteiger partial charge is 0.465 e. The van der Waals surface area contributed by atoms with Crippen molar-refractivity contribution in [3.8, 4) is 0 Å². The first-order chi connectivity index (χ1) is 10.0. The van der Waals surface area contributed by atoms with E-state index in [4.69, 9.17) is 4.74 Å². The third-order valence-electron chi connectivity index (χ3n) is 4.99. The molecule has 0 amide bonds. The van der Waals surface area contributed by atoms with Gasteiger partial charge in [0.15, 0.2) is 0 Å². The van der Waals surface area contributed by atoms with Crippen LogP contribution in [0.15, 0.2) is 0 Å². The number of nitrogens with zero attached hydrogens (tertiary/aromatic N) is 1. The molecule has 1 unspecified atom stereocenters. The van der Waals surface area contributed by atoms with E-state index in [0.717, 1.165) is 13.0 Å². The standard InChI is InChI=1S/C17H32N2O2/c1-4-21-16(20)17(2,18-14-10-11-14)12-13-19(3)15-8-6-5-7-9-15/h14-15,18H,4-13H2,1-3H3. The van der Waals surface area contributed by atoms with Gasteiger partial charge in [-0.15, -0.1) is 0 Å². The normalized spacial score (nSPS) is 23.0. The van der Waals surface area contributed by atoms with E-state index >= 15 is 0 Å². The van der Waals surface area contributed by atoms with Gasteiger partial charge in [0.1, 0.15) is 5.54 Å². The summed E-state index contributed by atoms with van der Waals surface area (Å²) in [4.78, 5) is 14.8. The van der Waals surface area contributed by atoms with Crippen LogP contribution in [0.3, 0.4) is 0 Å². The Morgan fingerprint density at radius 3 is 2.48 bits per heavy atom. The fraction of sp³-hybridized carbons (Fsp3) is 0.941. The first-order valence-corrected chi connectivity index (χ1v) is 8.70. The van der Waals surface area contributed by atoms with Crippen molar-refractivity contribution in [1.29, 1.82) is 0 Å². The number of esters is 1. The van der Waals surface area contributed by atoms with Gasteiger partial charge < -0.3 is 9.64 Å². The maximum Gasteiger partial charge on any atom is 0.326 e. The monoisotopic (exact) mass is 296 g/mol. The molecule has 2 aliphatic rings. The maximum absolute atomic E-state index is 12.3. The topological polar surface area (TPSA) is 41.6 Å². The Labute approximate surface area is 129 Å². The molecule has 0 aromatic carbocycles. The zero-order valence-corrected chi connectivity index (χ0v) is 14.0. The minimum Gasteiger partial charge on any atom is -0.465 e. The molecule has 0 saturated heterocycles. The fourth-order valence-electron chi connectivity index (χ4n) is 3.31. The summed E-state index contributed by atoms with van der Waals surface area (Å²) in [5.74, 6) is -0.0889. The molecule has 122 valence electrons. The second kappa shape index (κ2) is 7.59. The summed E-state index contributed by atoms with van der Waals surface area (Å²) in [6.45, 7) is 5.31. The van der Waals surface area contributed by atoms with E-state index in [1.165, 1.54) is 44.9 Å². The molecule has 0 aromatic rings. The Kier molecular flexibility index (Phi) is 6.06. The number of rotatable bonds is 8. The number of hydrogen-bond acceptors (Lipinski definition) is 4. The summed E-state index contributed by atoms with van der Waals surface area (Å²) in [7, 11) is 2.21. The van der Waals surface area contributed by atoms with Crippen molar-refractivity contribution in [1.82, 2.24) is 10.2 Å². The van der Waals surface area contributed by atoms with Crippen molar-refractivity contribution in [2.75, 3.05) is 20.2 Å². The summed E-state index contributed by atoms with van der Waals surface area (Å²) < 4.78 is 5.29. The Hall–Kier alpha value is -0.610.